The van der Waals surface area contributed by atoms with Crippen molar-refractivity contribution in [2.24, 2.45) is 0 Å². The molecule has 2 aromatic carbocycles. The summed E-state index contributed by atoms with van der Waals surface area (Å²) in [5.74, 6) is 1.28. The average Bonchev–Trinajstić information content (AvgIpc) is 2.52. The maximum absolute atomic E-state index is 12.1. The summed E-state index contributed by atoms with van der Waals surface area (Å²) in [7, 11) is 1.57. The van der Waals surface area contributed by atoms with Gasteiger partial charge in [-0.2, -0.15) is 0 Å². The van der Waals surface area contributed by atoms with Crippen LogP contribution in [0.2, 0.25) is 0 Å². The standard InChI is InChI=1S/C17H18BrNO3/c1-12-4-3-5-14(10-12)22-9-8-19-17(20)15-11-13(21-2)6-7-16(15)18/h3-7,10-11H,8-9H2,1-2H3,(H,19,20). The van der Waals surface area contributed by atoms with Gasteiger partial charge in [0.15, 0.2) is 0 Å². The predicted molar refractivity (Wildman–Crippen MR) is 89.7 cm³/mol. The van der Waals surface area contributed by atoms with Crippen molar-refractivity contribution in [1.82, 2.24) is 5.32 Å². The van der Waals surface area contributed by atoms with E-state index >= 15 is 0 Å². The van der Waals surface area contributed by atoms with Crippen molar-refractivity contribution < 1.29 is 14.3 Å². The largest absolute Gasteiger partial charge is 0.497 e. The molecule has 0 saturated heterocycles. The lowest BCUT2D eigenvalue weighted by molar-refractivity contribution is 0.0946. The minimum atomic E-state index is -0.168. The predicted octanol–water partition coefficient (Wildman–Crippen LogP) is 3.57. The quantitative estimate of drug-likeness (QED) is 0.798. The monoisotopic (exact) mass is 363 g/mol. The second-order valence-electron chi connectivity index (χ2n) is 4.77. The van der Waals surface area contributed by atoms with Gasteiger partial charge in [0.1, 0.15) is 18.1 Å². The van der Waals surface area contributed by atoms with Crippen LogP contribution in [-0.2, 0) is 0 Å². The topological polar surface area (TPSA) is 47.6 Å². The minimum Gasteiger partial charge on any atom is -0.497 e. The molecule has 116 valence electrons. The number of hydrogen-bond donors (Lipinski definition) is 1. The van der Waals surface area contributed by atoms with Crippen molar-refractivity contribution in [3.8, 4) is 11.5 Å². The van der Waals surface area contributed by atoms with Crippen molar-refractivity contribution >= 4 is 21.8 Å². The van der Waals surface area contributed by atoms with Gasteiger partial charge in [0, 0.05) is 4.47 Å². The van der Waals surface area contributed by atoms with Crippen LogP contribution in [0.4, 0.5) is 0 Å². The first kappa shape index (κ1) is 16.4. The Morgan fingerprint density at radius 2 is 2.00 bits per heavy atom. The number of carbonyl (C=O) groups excluding carboxylic acids is 1. The molecule has 0 heterocycles. The third-order valence-corrected chi connectivity index (χ3v) is 3.76. The average molecular weight is 364 g/mol. The van der Waals surface area contributed by atoms with Gasteiger partial charge in [-0.25, -0.2) is 0 Å². The Labute approximate surface area is 138 Å². The summed E-state index contributed by atoms with van der Waals surface area (Å²) in [6.45, 7) is 2.85. The first-order chi connectivity index (χ1) is 10.6. The summed E-state index contributed by atoms with van der Waals surface area (Å²) in [6, 6.07) is 13.1. The number of nitrogens with one attached hydrogen (secondary N) is 1. The highest BCUT2D eigenvalue weighted by atomic mass is 79.9. The van der Waals surface area contributed by atoms with Crippen molar-refractivity contribution in [2.75, 3.05) is 20.3 Å². The maximum Gasteiger partial charge on any atom is 0.252 e. The smallest absolute Gasteiger partial charge is 0.252 e. The molecule has 0 fully saturated rings. The van der Waals surface area contributed by atoms with Crippen LogP contribution in [-0.4, -0.2) is 26.2 Å². The SMILES string of the molecule is COc1ccc(Br)c(C(=O)NCCOc2cccc(C)c2)c1. The molecule has 0 unspecified atom stereocenters. The molecule has 1 amide bonds. The van der Waals surface area contributed by atoms with E-state index < -0.39 is 0 Å². The number of carbonyl (C=O) groups is 1. The van der Waals surface area contributed by atoms with Crippen molar-refractivity contribution in [3.63, 3.8) is 0 Å². The number of hydrogen-bond acceptors (Lipinski definition) is 3. The number of aryl methyl sites for hydroxylation is 1. The summed E-state index contributed by atoms with van der Waals surface area (Å²) in [4.78, 5) is 12.1. The molecule has 0 aliphatic carbocycles. The first-order valence-corrected chi connectivity index (χ1v) is 7.70. The first-order valence-electron chi connectivity index (χ1n) is 6.91. The van der Waals surface area contributed by atoms with E-state index in [0.29, 0.717) is 24.5 Å². The van der Waals surface area contributed by atoms with E-state index in [1.807, 2.05) is 31.2 Å². The van der Waals surface area contributed by atoms with Gasteiger partial charge in [-0.15, -0.1) is 0 Å². The number of rotatable bonds is 6. The van der Waals surface area contributed by atoms with Crippen LogP contribution in [0.5, 0.6) is 11.5 Å². The summed E-state index contributed by atoms with van der Waals surface area (Å²) in [5.41, 5.74) is 1.68. The molecule has 0 aliphatic heterocycles. The Morgan fingerprint density at radius 1 is 1.18 bits per heavy atom. The van der Waals surface area contributed by atoms with Gasteiger partial charge in [-0.05, 0) is 58.7 Å². The molecule has 0 atom stereocenters. The minimum absolute atomic E-state index is 0.168. The highest BCUT2D eigenvalue weighted by Gasteiger charge is 2.10. The number of ether oxygens (including phenoxy) is 2. The molecular formula is C17H18BrNO3. The van der Waals surface area contributed by atoms with Gasteiger partial charge in [-0.3, -0.25) is 4.79 Å². The highest BCUT2D eigenvalue weighted by molar-refractivity contribution is 9.10. The lowest BCUT2D eigenvalue weighted by Crippen LogP contribution is -2.28. The molecule has 0 spiro atoms. The summed E-state index contributed by atoms with van der Waals surface area (Å²) >= 11 is 3.37. The molecule has 0 bridgehead atoms. The van der Waals surface area contributed by atoms with Crippen LogP contribution in [0.3, 0.4) is 0 Å². The fourth-order valence-electron chi connectivity index (χ4n) is 1.94. The zero-order valence-electron chi connectivity index (χ0n) is 12.6. The van der Waals surface area contributed by atoms with Gasteiger partial charge in [0.2, 0.25) is 0 Å². The molecular weight excluding hydrogens is 346 g/mol. The van der Waals surface area contributed by atoms with Gasteiger partial charge in [-0.1, -0.05) is 12.1 Å². The Morgan fingerprint density at radius 3 is 2.73 bits per heavy atom. The number of benzene rings is 2. The highest BCUT2D eigenvalue weighted by Crippen LogP contribution is 2.22. The van der Waals surface area contributed by atoms with E-state index in [9.17, 15) is 4.79 Å². The molecule has 0 aromatic heterocycles. The third kappa shape index (κ3) is 4.49. The number of halogens is 1. The van der Waals surface area contributed by atoms with Crippen molar-refractivity contribution in [1.29, 1.82) is 0 Å². The summed E-state index contributed by atoms with van der Waals surface area (Å²) in [6.07, 6.45) is 0. The summed E-state index contributed by atoms with van der Waals surface area (Å²) < 4.78 is 11.5. The lowest BCUT2D eigenvalue weighted by Gasteiger charge is -2.10. The van der Waals surface area contributed by atoms with Gasteiger partial charge >= 0.3 is 0 Å². The van der Waals surface area contributed by atoms with Crippen LogP contribution in [0.25, 0.3) is 0 Å². The van der Waals surface area contributed by atoms with Gasteiger partial charge in [0.25, 0.3) is 5.91 Å². The Hall–Kier alpha value is -2.01. The number of methoxy groups -OCH3 is 1. The second kappa shape index (κ2) is 7.84. The Balaban J connectivity index is 1.85. The Bertz CT molecular complexity index is 658. The summed E-state index contributed by atoms with van der Waals surface area (Å²) in [5, 5.41) is 2.83. The van der Waals surface area contributed by atoms with E-state index in [4.69, 9.17) is 9.47 Å². The van der Waals surface area contributed by atoms with Crippen LogP contribution < -0.4 is 14.8 Å². The maximum atomic E-state index is 12.1. The second-order valence-corrected chi connectivity index (χ2v) is 5.62. The van der Waals surface area contributed by atoms with E-state index in [2.05, 4.69) is 21.2 Å². The molecule has 0 saturated carbocycles. The molecule has 2 aromatic rings. The molecule has 2 rings (SSSR count). The molecule has 0 radical (unpaired) electrons. The van der Waals surface area contributed by atoms with E-state index in [1.165, 1.54) is 0 Å². The molecule has 4 nitrogen and oxygen atoms in total. The van der Waals surface area contributed by atoms with E-state index in [0.717, 1.165) is 15.8 Å². The van der Waals surface area contributed by atoms with Crippen molar-refractivity contribution in [2.45, 2.75) is 6.92 Å². The van der Waals surface area contributed by atoms with Crippen LogP contribution in [0, 0.1) is 6.92 Å². The van der Waals surface area contributed by atoms with Crippen molar-refractivity contribution in [3.05, 3.63) is 58.1 Å². The third-order valence-electron chi connectivity index (χ3n) is 3.06. The molecule has 0 aliphatic rings. The lowest BCUT2D eigenvalue weighted by atomic mass is 10.2. The van der Waals surface area contributed by atoms with Crippen LogP contribution in [0.15, 0.2) is 46.9 Å². The van der Waals surface area contributed by atoms with E-state index in [1.54, 1.807) is 25.3 Å². The molecule has 5 heteroatoms. The Kier molecular flexibility index (Phi) is 5.83. The van der Waals surface area contributed by atoms with E-state index in [-0.39, 0.29) is 5.91 Å². The fraction of sp³-hybridized carbons (Fsp3) is 0.235. The molecule has 22 heavy (non-hydrogen) atoms. The van der Waals surface area contributed by atoms with Crippen LogP contribution >= 0.6 is 15.9 Å². The molecule has 1 N–H and O–H groups in total. The van der Waals surface area contributed by atoms with Crippen LogP contribution in [0.1, 0.15) is 15.9 Å². The zero-order chi connectivity index (χ0) is 15.9. The normalized spacial score (nSPS) is 10.1. The van der Waals surface area contributed by atoms with Gasteiger partial charge in [0.05, 0.1) is 19.2 Å². The zero-order valence-corrected chi connectivity index (χ0v) is 14.1. The number of amides is 1. The fourth-order valence-corrected chi connectivity index (χ4v) is 2.37. The van der Waals surface area contributed by atoms with Gasteiger partial charge < -0.3 is 14.8 Å².